The topological polar surface area (TPSA) is 29.1 Å². The highest BCUT2D eigenvalue weighted by molar-refractivity contribution is 6.19. The van der Waals surface area contributed by atoms with E-state index >= 15 is 0 Å². The molecular weight excluding hydrogens is 270 g/mol. The maximum absolute atomic E-state index is 12.1. The zero-order valence-corrected chi connectivity index (χ0v) is 12.2. The standard InChI is InChI=1S/C17H18ClNO/c1-13(12-18)17(20)19-16(14-8-4-2-5-9-14)15-10-6-3-7-11-15/h2-11,13,16H,12H2,1H3,(H,19,20). The predicted octanol–water partition coefficient (Wildman–Crippen LogP) is 3.77. The minimum atomic E-state index is -0.202. The van der Waals surface area contributed by atoms with Crippen LogP contribution in [-0.4, -0.2) is 11.8 Å². The van der Waals surface area contributed by atoms with Crippen molar-refractivity contribution in [3.63, 3.8) is 0 Å². The molecular formula is C17H18ClNO. The third kappa shape index (κ3) is 3.61. The average Bonchev–Trinajstić information content (AvgIpc) is 2.53. The minimum Gasteiger partial charge on any atom is -0.345 e. The molecule has 104 valence electrons. The molecule has 0 spiro atoms. The third-order valence-corrected chi connectivity index (χ3v) is 3.69. The Morgan fingerprint density at radius 1 is 1.00 bits per heavy atom. The lowest BCUT2D eigenvalue weighted by molar-refractivity contribution is -0.124. The van der Waals surface area contributed by atoms with Crippen molar-refractivity contribution in [2.24, 2.45) is 5.92 Å². The molecule has 0 saturated carbocycles. The van der Waals surface area contributed by atoms with Gasteiger partial charge in [-0.3, -0.25) is 4.79 Å². The van der Waals surface area contributed by atoms with Crippen LogP contribution in [0.2, 0.25) is 0 Å². The molecule has 2 aromatic rings. The number of hydrogen-bond acceptors (Lipinski definition) is 1. The molecule has 1 N–H and O–H groups in total. The lowest BCUT2D eigenvalue weighted by atomic mass is 9.98. The highest BCUT2D eigenvalue weighted by atomic mass is 35.5. The molecule has 2 nitrogen and oxygen atoms in total. The Bertz CT molecular complexity index is 502. The summed E-state index contributed by atoms with van der Waals surface area (Å²) in [6.07, 6.45) is 0. The van der Waals surface area contributed by atoms with Crippen LogP contribution in [0.5, 0.6) is 0 Å². The Balaban J connectivity index is 2.28. The lowest BCUT2D eigenvalue weighted by Gasteiger charge is -2.21. The van der Waals surface area contributed by atoms with Gasteiger partial charge < -0.3 is 5.32 Å². The number of carbonyl (C=O) groups is 1. The number of alkyl halides is 1. The Kier molecular flexibility index (Phi) is 5.19. The summed E-state index contributed by atoms with van der Waals surface area (Å²) in [5.41, 5.74) is 2.13. The predicted molar refractivity (Wildman–Crippen MR) is 82.8 cm³/mol. The molecule has 1 atom stereocenters. The zero-order valence-electron chi connectivity index (χ0n) is 11.4. The summed E-state index contributed by atoms with van der Waals surface area (Å²) < 4.78 is 0. The highest BCUT2D eigenvalue weighted by Gasteiger charge is 2.19. The molecule has 0 bridgehead atoms. The molecule has 1 amide bonds. The van der Waals surface area contributed by atoms with Crippen LogP contribution >= 0.6 is 11.6 Å². The second-order valence-corrected chi connectivity index (χ2v) is 5.13. The Hall–Kier alpha value is -1.80. The molecule has 0 fully saturated rings. The van der Waals surface area contributed by atoms with E-state index in [1.807, 2.05) is 67.6 Å². The maximum Gasteiger partial charge on any atom is 0.224 e. The lowest BCUT2D eigenvalue weighted by Crippen LogP contribution is -2.34. The molecule has 1 unspecified atom stereocenters. The zero-order chi connectivity index (χ0) is 14.4. The van der Waals surface area contributed by atoms with Gasteiger partial charge in [-0.15, -0.1) is 11.6 Å². The second-order valence-electron chi connectivity index (χ2n) is 4.82. The van der Waals surface area contributed by atoms with E-state index in [2.05, 4.69) is 5.32 Å². The summed E-state index contributed by atoms with van der Waals surface area (Å²) in [6.45, 7) is 1.83. The molecule has 20 heavy (non-hydrogen) atoms. The number of hydrogen-bond donors (Lipinski definition) is 1. The van der Waals surface area contributed by atoms with Crippen molar-refractivity contribution in [2.75, 3.05) is 5.88 Å². The van der Waals surface area contributed by atoms with Gasteiger partial charge in [-0.1, -0.05) is 67.6 Å². The van der Waals surface area contributed by atoms with Gasteiger partial charge in [0.05, 0.1) is 6.04 Å². The van der Waals surface area contributed by atoms with E-state index in [9.17, 15) is 4.79 Å². The third-order valence-electron chi connectivity index (χ3n) is 3.23. The van der Waals surface area contributed by atoms with E-state index in [-0.39, 0.29) is 17.9 Å². The van der Waals surface area contributed by atoms with Crippen molar-refractivity contribution in [2.45, 2.75) is 13.0 Å². The van der Waals surface area contributed by atoms with Gasteiger partial charge in [-0.2, -0.15) is 0 Å². The van der Waals surface area contributed by atoms with E-state index in [1.165, 1.54) is 0 Å². The molecule has 0 saturated heterocycles. The van der Waals surface area contributed by atoms with Gasteiger partial charge in [-0.05, 0) is 11.1 Å². The summed E-state index contributed by atoms with van der Waals surface area (Å²) in [6, 6.07) is 19.8. The van der Waals surface area contributed by atoms with E-state index in [1.54, 1.807) is 0 Å². The average molecular weight is 288 g/mol. The summed E-state index contributed by atoms with van der Waals surface area (Å²) in [7, 11) is 0. The largest absolute Gasteiger partial charge is 0.345 e. The van der Waals surface area contributed by atoms with E-state index in [0.717, 1.165) is 11.1 Å². The summed E-state index contributed by atoms with van der Waals surface area (Å²) >= 11 is 5.76. The number of amides is 1. The molecule has 0 aliphatic heterocycles. The fourth-order valence-electron chi connectivity index (χ4n) is 2.00. The summed E-state index contributed by atoms with van der Waals surface area (Å²) in [5.74, 6) is 0.0894. The van der Waals surface area contributed by atoms with Crippen LogP contribution in [0, 0.1) is 5.92 Å². The van der Waals surface area contributed by atoms with Gasteiger partial charge in [0.15, 0.2) is 0 Å². The molecule has 0 heterocycles. The number of rotatable bonds is 5. The number of halogens is 1. The van der Waals surface area contributed by atoms with Crippen molar-refractivity contribution < 1.29 is 4.79 Å². The van der Waals surface area contributed by atoms with Gasteiger partial charge in [0.25, 0.3) is 0 Å². The number of nitrogens with one attached hydrogen (secondary N) is 1. The van der Waals surface area contributed by atoms with Crippen molar-refractivity contribution in [1.29, 1.82) is 0 Å². The van der Waals surface area contributed by atoms with Crippen molar-refractivity contribution >= 4 is 17.5 Å². The van der Waals surface area contributed by atoms with Gasteiger partial charge in [0.1, 0.15) is 0 Å². The first-order valence-electron chi connectivity index (χ1n) is 6.68. The molecule has 2 aromatic carbocycles. The van der Waals surface area contributed by atoms with Crippen LogP contribution < -0.4 is 5.32 Å². The Morgan fingerprint density at radius 3 is 1.85 bits per heavy atom. The quantitative estimate of drug-likeness (QED) is 0.834. The molecule has 0 aliphatic rings. The maximum atomic E-state index is 12.1. The second kappa shape index (κ2) is 7.11. The summed E-state index contributed by atoms with van der Waals surface area (Å²) in [4.78, 5) is 12.1. The smallest absolute Gasteiger partial charge is 0.224 e. The van der Waals surface area contributed by atoms with Crippen molar-refractivity contribution in [3.8, 4) is 0 Å². The fraction of sp³-hybridized carbons (Fsp3) is 0.235. The molecule has 0 radical (unpaired) electrons. The Labute approximate surface area is 124 Å². The van der Waals surface area contributed by atoms with Crippen LogP contribution in [-0.2, 0) is 4.79 Å². The SMILES string of the molecule is CC(CCl)C(=O)NC(c1ccccc1)c1ccccc1. The fourth-order valence-corrected chi connectivity index (χ4v) is 2.14. The van der Waals surface area contributed by atoms with Gasteiger partial charge in [0, 0.05) is 11.8 Å². The van der Waals surface area contributed by atoms with Crippen molar-refractivity contribution in [1.82, 2.24) is 5.32 Å². The van der Waals surface area contributed by atoms with Gasteiger partial charge in [0.2, 0.25) is 5.91 Å². The van der Waals surface area contributed by atoms with Crippen LogP contribution in [0.1, 0.15) is 24.1 Å². The van der Waals surface area contributed by atoms with Crippen LogP contribution in [0.15, 0.2) is 60.7 Å². The summed E-state index contributed by atoms with van der Waals surface area (Å²) in [5, 5.41) is 3.08. The van der Waals surface area contributed by atoms with Crippen LogP contribution in [0.3, 0.4) is 0 Å². The molecule has 3 heteroatoms. The van der Waals surface area contributed by atoms with Gasteiger partial charge in [-0.25, -0.2) is 0 Å². The minimum absolute atomic E-state index is 0.0299. The van der Waals surface area contributed by atoms with E-state index < -0.39 is 0 Å². The molecule has 0 aromatic heterocycles. The number of carbonyl (C=O) groups excluding carboxylic acids is 1. The highest BCUT2D eigenvalue weighted by Crippen LogP contribution is 2.22. The van der Waals surface area contributed by atoms with Crippen molar-refractivity contribution in [3.05, 3.63) is 71.8 Å². The molecule has 2 rings (SSSR count). The Morgan fingerprint density at radius 2 is 1.45 bits per heavy atom. The first kappa shape index (κ1) is 14.6. The first-order valence-corrected chi connectivity index (χ1v) is 7.22. The normalized spacial score (nSPS) is 12.2. The van der Waals surface area contributed by atoms with Crippen LogP contribution in [0.4, 0.5) is 0 Å². The van der Waals surface area contributed by atoms with E-state index in [0.29, 0.717) is 5.88 Å². The monoisotopic (exact) mass is 287 g/mol. The van der Waals surface area contributed by atoms with E-state index in [4.69, 9.17) is 11.6 Å². The van der Waals surface area contributed by atoms with Gasteiger partial charge >= 0.3 is 0 Å². The number of benzene rings is 2. The first-order chi connectivity index (χ1) is 9.72. The van der Waals surface area contributed by atoms with Crippen LogP contribution in [0.25, 0.3) is 0 Å². The molecule has 0 aliphatic carbocycles.